The zero-order valence-electron chi connectivity index (χ0n) is 12.2. The van der Waals surface area contributed by atoms with Crippen molar-refractivity contribution in [2.24, 2.45) is 5.92 Å². The third-order valence-corrected chi connectivity index (χ3v) is 4.59. The van der Waals surface area contributed by atoms with Crippen molar-refractivity contribution in [1.29, 1.82) is 0 Å². The van der Waals surface area contributed by atoms with E-state index in [1.807, 2.05) is 26.0 Å². The lowest BCUT2D eigenvalue weighted by Crippen LogP contribution is -2.41. The SMILES string of the molecule is CCNC1COCC1C(=O)Nc1nc2ccc(C)cc2s1. The minimum atomic E-state index is -0.154. The van der Waals surface area contributed by atoms with E-state index in [4.69, 9.17) is 4.74 Å². The summed E-state index contributed by atoms with van der Waals surface area (Å²) in [5, 5.41) is 6.88. The molecule has 2 aromatic rings. The summed E-state index contributed by atoms with van der Waals surface area (Å²) in [4.78, 5) is 16.8. The lowest BCUT2D eigenvalue weighted by molar-refractivity contribution is -0.120. The smallest absolute Gasteiger partial charge is 0.233 e. The van der Waals surface area contributed by atoms with Gasteiger partial charge in [0.05, 0.1) is 29.3 Å². The van der Waals surface area contributed by atoms with Crippen molar-refractivity contribution in [2.45, 2.75) is 19.9 Å². The third kappa shape index (κ3) is 3.07. The van der Waals surface area contributed by atoms with Gasteiger partial charge in [0.2, 0.25) is 5.91 Å². The van der Waals surface area contributed by atoms with Gasteiger partial charge in [0.15, 0.2) is 5.13 Å². The largest absolute Gasteiger partial charge is 0.379 e. The molecule has 1 fully saturated rings. The summed E-state index contributed by atoms with van der Waals surface area (Å²) < 4.78 is 6.51. The molecule has 2 N–H and O–H groups in total. The molecule has 2 unspecified atom stereocenters. The Morgan fingerprint density at radius 1 is 1.48 bits per heavy atom. The fraction of sp³-hybridized carbons (Fsp3) is 0.467. The van der Waals surface area contributed by atoms with Crippen LogP contribution in [-0.2, 0) is 9.53 Å². The Bertz CT molecular complexity index is 655. The maximum Gasteiger partial charge on any atom is 0.233 e. The first kappa shape index (κ1) is 14.4. The van der Waals surface area contributed by atoms with Crippen LogP contribution in [0.1, 0.15) is 12.5 Å². The molecule has 0 saturated carbocycles. The summed E-state index contributed by atoms with van der Waals surface area (Å²) >= 11 is 1.51. The standard InChI is InChI=1S/C15H19N3O2S/c1-3-16-12-8-20-7-10(12)14(19)18-15-17-11-5-4-9(2)6-13(11)21-15/h4-6,10,12,16H,3,7-8H2,1-2H3,(H,17,18,19). The van der Waals surface area contributed by atoms with Crippen molar-refractivity contribution in [1.82, 2.24) is 10.3 Å². The Hall–Kier alpha value is -1.50. The number of fused-ring (bicyclic) bond motifs is 1. The van der Waals surface area contributed by atoms with Crippen LogP contribution in [0.4, 0.5) is 5.13 Å². The molecule has 0 radical (unpaired) electrons. The van der Waals surface area contributed by atoms with Crippen LogP contribution in [0.3, 0.4) is 0 Å². The number of nitrogens with zero attached hydrogens (tertiary/aromatic N) is 1. The molecule has 6 heteroatoms. The van der Waals surface area contributed by atoms with E-state index in [0.717, 1.165) is 16.8 Å². The second-order valence-electron chi connectivity index (χ2n) is 5.29. The predicted molar refractivity (Wildman–Crippen MR) is 84.8 cm³/mol. The third-order valence-electron chi connectivity index (χ3n) is 3.66. The molecule has 1 amide bonds. The summed E-state index contributed by atoms with van der Waals surface area (Å²) in [6, 6.07) is 6.19. The van der Waals surface area contributed by atoms with Crippen LogP contribution in [0.25, 0.3) is 10.2 Å². The summed E-state index contributed by atoms with van der Waals surface area (Å²) in [5.74, 6) is -0.173. The van der Waals surface area contributed by atoms with Gasteiger partial charge >= 0.3 is 0 Å². The number of aryl methyl sites for hydroxylation is 1. The second-order valence-corrected chi connectivity index (χ2v) is 6.32. The first-order valence-electron chi connectivity index (χ1n) is 7.16. The number of carbonyl (C=O) groups excluding carboxylic acids is 1. The number of likely N-dealkylation sites (N-methyl/N-ethyl adjacent to an activating group) is 1. The molecule has 1 aliphatic rings. The van der Waals surface area contributed by atoms with Gasteiger partial charge in [-0.15, -0.1) is 0 Å². The van der Waals surface area contributed by atoms with Gasteiger partial charge in [0, 0.05) is 6.04 Å². The van der Waals surface area contributed by atoms with Crippen LogP contribution >= 0.6 is 11.3 Å². The maximum absolute atomic E-state index is 12.4. The second kappa shape index (κ2) is 6.09. The van der Waals surface area contributed by atoms with Gasteiger partial charge in [-0.3, -0.25) is 4.79 Å². The molecule has 3 rings (SSSR count). The fourth-order valence-electron chi connectivity index (χ4n) is 2.56. The van der Waals surface area contributed by atoms with E-state index < -0.39 is 0 Å². The normalized spacial score (nSPS) is 21.8. The van der Waals surface area contributed by atoms with Gasteiger partial charge in [-0.05, 0) is 31.2 Å². The first-order chi connectivity index (χ1) is 10.2. The van der Waals surface area contributed by atoms with Crippen LogP contribution < -0.4 is 10.6 Å². The lowest BCUT2D eigenvalue weighted by atomic mass is 10.0. The van der Waals surface area contributed by atoms with Crippen molar-refractivity contribution in [2.75, 3.05) is 25.1 Å². The molecule has 0 bridgehead atoms. The number of hydrogen-bond donors (Lipinski definition) is 2. The number of rotatable bonds is 4. The average Bonchev–Trinajstić information content (AvgIpc) is 3.04. The van der Waals surface area contributed by atoms with Gasteiger partial charge < -0.3 is 15.4 Å². The minimum absolute atomic E-state index is 0.0192. The number of hydrogen-bond acceptors (Lipinski definition) is 5. The topological polar surface area (TPSA) is 63.2 Å². The highest BCUT2D eigenvalue weighted by Gasteiger charge is 2.33. The fourth-order valence-corrected chi connectivity index (χ4v) is 3.53. The summed E-state index contributed by atoms with van der Waals surface area (Å²) in [7, 11) is 0. The molecular weight excluding hydrogens is 286 g/mol. The molecule has 1 aromatic heterocycles. The quantitative estimate of drug-likeness (QED) is 0.909. The minimum Gasteiger partial charge on any atom is -0.379 e. The number of amides is 1. The van der Waals surface area contributed by atoms with Gasteiger partial charge in [0.25, 0.3) is 0 Å². The molecule has 0 aliphatic carbocycles. The molecule has 0 spiro atoms. The van der Waals surface area contributed by atoms with Gasteiger partial charge in [-0.2, -0.15) is 0 Å². The Morgan fingerprint density at radius 2 is 2.33 bits per heavy atom. The molecule has 2 atom stereocenters. The number of anilines is 1. The van der Waals surface area contributed by atoms with Crippen LogP contribution in [0.5, 0.6) is 0 Å². The first-order valence-corrected chi connectivity index (χ1v) is 7.98. The van der Waals surface area contributed by atoms with E-state index in [1.54, 1.807) is 0 Å². The van der Waals surface area contributed by atoms with Crippen LogP contribution in [0.15, 0.2) is 18.2 Å². The highest BCUT2D eigenvalue weighted by molar-refractivity contribution is 7.22. The zero-order chi connectivity index (χ0) is 14.8. The molecule has 5 nitrogen and oxygen atoms in total. The number of nitrogens with one attached hydrogen (secondary N) is 2. The molecule has 1 aliphatic heterocycles. The summed E-state index contributed by atoms with van der Waals surface area (Å²) in [5.41, 5.74) is 2.12. The maximum atomic E-state index is 12.4. The van der Waals surface area contributed by atoms with Crippen molar-refractivity contribution in [3.05, 3.63) is 23.8 Å². The molecule has 21 heavy (non-hydrogen) atoms. The molecule has 2 heterocycles. The van der Waals surface area contributed by atoms with Crippen molar-refractivity contribution in [3.8, 4) is 0 Å². The van der Waals surface area contributed by atoms with E-state index in [0.29, 0.717) is 18.3 Å². The van der Waals surface area contributed by atoms with Crippen molar-refractivity contribution in [3.63, 3.8) is 0 Å². The van der Waals surface area contributed by atoms with E-state index in [1.165, 1.54) is 16.9 Å². The number of ether oxygens (including phenoxy) is 1. The van der Waals surface area contributed by atoms with Crippen molar-refractivity contribution >= 4 is 32.6 Å². The molecule has 1 saturated heterocycles. The van der Waals surface area contributed by atoms with Crippen LogP contribution in [-0.4, -0.2) is 36.7 Å². The summed E-state index contributed by atoms with van der Waals surface area (Å²) in [6.45, 7) is 5.97. The Labute approximate surface area is 127 Å². The van der Waals surface area contributed by atoms with E-state index in [9.17, 15) is 4.79 Å². The zero-order valence-corrected chi connectivity index (χ0v) is 13.0. The van der Waals surface area contributed by atoms with Gasteiger partial charge in [-0.25, -0.2) is 4.98 Å². The van der Waals surface area contributed by atoms with E-state index in [2.05, 4.69) is 21.7 Å². The monoisotopic (exact) mass is 305 g/mol. The highest BCUT2D eigenvalue weighted by Crippen LogP contribution is 2.27. The Morgan fingerprint density at radius 3 is 3.14 bits per heavy atom. The highest BCUT2D eigenvalue weighted by atomic mass is 32.1. The average molecular weight is 305 g/mol. The molecule has 112 valence electrons. The Balaban J connectivity index is 1.73. The van der Waals surface area contributed by atoms with Crippen molar-refractivity contribution < 1.29 is 9.53 Å². The lowest BCUT2D eigenvalue weighted by Gasteiger charge is -2.16. The van der Waals surface area contributed by atoms with E-state index >= 15 is 0 Å². The van der Waals surface area contributed by atoms with Crippen LogP contribution in [0.2, 0.25) is 0 Å². The predicted octanol–water partition coefficient (Wildman–Crippen LogP) is 2.17. The molecule has 1 aromatic carbocycles. The number of carbonyl (C=O) groups is 1. The summed E-state index contributed by atoms with van der Waals surface area (Å²) in [6.07, 6.45) is 0. The van der Waals surface area contributed by atoms with E-state index in [-0.39, 0.29) is 17.9 Å². The van der Waals surface area contributed by atoms with Gasteiger partial charge in [-0.1, -0.05) is 24.3 Å². The number of aromatic nitrogens is 1. The number of thiazole rings is 1. The number of benzene rings is 1. The van der Waals surface area contributed by atoms with Crippen LogP contribution in [0, 0.1) is 12.8 Å². The molecular formula is C15H19N3O2S. The Kier molecular flexibility index (Phi) is 4.19. The van der Waals surface area contributed by atoms with Gasteiger partial charge in [0.1, 0.15) is 0 Å².